The minimum Gasteiger partial charge on any atom is -0.396 e. The highest BCUT2D eigenvalue weighted by atomic mass is 16.3. The molecule has 0 bridgehead atoms. The molecule has 1 aromatic rings. The van der Waals surface area contributed by atoms with Gasteiger partial charge in [0, 0.05) is 19.2 Å². The SMILES string of the molecule is Cc1cccc(C)c1CCNC(=O)NC(C)CCCO. The zero-order valence-corrected chi connectivity index (χ0v) is 12.7. The van der Waals surface area contributed by atoms with Crippen LogP contribution in [0.4, 0.5) is 4.79 Å². The van der Waals surface area contributed by atoms with Gasteiger partial charge in [-0.3, -0.25) is 0 Å². The van der Waals surface area contributed by atoms with Crippen LogP contribution >= 0.6 is 0 Å². The lowest BCUT2D eigenvalue weighted by Gasteiger charge is -2.15. The summed E-state index contributed by atoms with van der Waals surface area (Å²) in [6.07, 6.45) is 2.35. The molecule has 3 N–H and O–H groups in total. The van der Waals surface area contributed by atoms with Crippen molar-refractivity contribution in [3.05, 3.63) is 34.9 Å². The lowest BCUT2D eigenvalue weighted by Crippen LogP contribution is -2.41. The maximum Gasteiger partial charge on any atom is 0.315 e. The Morgan fingerprint density at radius 2 is 1.95 bits per heavy atom. The molecule has 0 spiro atoms. The van der Waals surface area contributed by atoms with Gasteiger partial charge in [-0.1, -0.05) is 18.2 Å². The molecule has 1 atom stereocenters. The van der Waals surface area contributed by atoms with Crippen LogP contribution < -0.4 is 10.6 Å². The highest BCUT2D eigenvalue weighted by Gasteiger charge is 2.07. The standard InChI is InChI=1S/C16H26N2O2/c1-12-6-4-7-13(2)15(12)9-10-17-16(20)18-14(3)8-5-11-19/h4,6-7,14,19H,5,8-11H2,1-3H3,(H2,17,18,20). The second kappa shape index (κ2) is 8.59. The lowest BCUT2D eigenvalue weighted by molar-refractivity contribution is 0.234. The van der Waals surface area contributed by atoms with E-state index in [-0.39, 0.29) is 18.7 Å². The monoisotopic (exact) mass is 278 g/mol. The molecule has 0 saturated carbocycles. The van der Waals surface area contributed by atoms with Gasteiger partial charge < -0.3 is 15.7 Å². The van der Waals surface area contributed by atoms with Gasteiger partial charge in [0.05, 0.1) is 0 Å². The number of aryl methyl sites for hydroxylation is 2. The molecule has 0 aromatic heterocycles. The molecular weight excluding hydrogens is 252 g/mol. The Kier molecular flexibility index (Phi) is 7.09. The number of carbonyl (C=O) groups is 1. The molecule has 4 nitrogen and oxygen atoms in total. The van der Waals surface area contributed by atoms with Crippen molar-refractivity contribution >= 4 is 6.03 Å². The van der Waals surface area contributed by atoms with E-state index in [1.54, 1.807) is 0 Å². The summed E-state index contributed by atoms with van der Waals surface area (Å²) in [7, 11) is 0. The molecule has 0 heterocycles. The molecule has 0 aliphatic rings. The van der Waals surface area contributed by atoms with Crippen LogP contribution in [-0.4, -0.2) is 30.3 Å². The topological polar surface area (TPSA) is 61.4 Å². The smallest absolute Gasteiger partial charge is 0.315 e. The Labute approximate surface area is 121 Å². The number of hydrogen-bond acceptors (Lipinski definition) is 2. The van der Waals surface area contributed by atoms with Gasteiger partial charge in [-0.15, -0.1) is 0 Å². The summed E-state index contributed by atoms with van der Waals surface area (Å²) in [5, 5.41) is 14.5. The average molecular weight is 278 g/mol. The maximum atomic E-state index is 11.7. The number of nitrogens with one attached hydrogen (secondary N) is 2. The van der Waals surface area contributed by atoms with Crippen molar-refractivity contribution < 1.29 is 9.90 Å². The normalized spacial score (nSPS) is 12.0. The molecule has 0 radical (unpaired) electrons. The largest absolute Gasteiger partial charge is 0.396 e. The van der Waals surface area contributed by atoms with Gasteiger partial charge >= 0.3 is 6.03 Å². The fraction of sp³-hybridized carbons (Fsp3) is 0.562. The van der Waals surface area contributed by atoms with E-state index in [0.717, 1.165) is 12.8 Å². The second-order valence-electron chi connectivity index (χ2n) is 5.29. The van der Waals surface area contributed by atoms with E-state index < -0.39 is 0 Å². The van der Waals surface area contributed by atoms with Crippen LogP contribution in [0.5, 0.6) is 0 Å². The highest BCUT2D eigenvalue weighted by Crippen LogP contribution is 2.13. The summed E-state index contributed by atoms with van der Waals surface area (Å²) in [6, 6.07) is 6.19. The van der Waals surface area contributed by atoms with E-state index in [1.807, 2.05) is 6.92 Å². The first-order valence-electron chi connectivity index (χ1n) is 7.25. The van der Waals surface area contributed by atoms with Crippen LogP contribution in [0.25, 0.3) is 0 Å². The Balaban J connectivity index is 2.32. The van der Waals surface area contributed by atoms with Gasteiger partial charge in [-0.2, -0.15) is 0 Å². The van der Waals surface area contributed by atoms with Crippen molar-refractivity contribution in [3.8, 4) is 0 Å². The molecule has 1 rings (SSSR count). The number of rotatable bonds is 7. The van der Waals surface area contributed by atoms with E-state index in [2.05, 4.69) is 42.7 Å². The lowest BCUT2D eigenvalue weighted by atomic mass is 10.0. The highest BCUT2D eigenvalue weighted by molar-refractivity contribution is 5.74. The third kappa shape index (κ3) is 5.61. The van der Waals surface area contributed by atoms with Gasteiger partial charge in [0.1, 0.15) is 0 Å². The molecule has 0 aliphatic heterocycles. The Hall–Kier alpha value is -1.55. The molecule has 2 amide bonds. The number of hydrogen-bond donors (Lipinski definition) is 3. The van der Waals surface area contributed by atoms with Crippen molar-refractivity contribution in [2.45, 2.75) is 46.1 Å². The third-order valence-corrected chi connectivity index (χ3v) is 3.48. The van der Waals surface area contributed by atoms with Crippen LogP contribution in [-0.2, 0) is 6.42 Å². The van der Waals surface area contributed by atoms with E-state index in [9.17, 15) is 4.79 Å². The number of urea groups is 1. The van der Waals surface area contributed by atoms with E-state index in [4.69, 9.17) is 5.11 Å². The molecule has 1 aromatic carbocycles. The van der Waals surface area contributed by atoms with Crippen LogP contribution in [0.2, 0.25) is 0 Å². The molecular formula is C16H26N2O2. The number of aliphatic hydroxyl groups excluding tert-OH is 1. The maximum absolute atomic E-state index is 11.7. The number of benzene rings is 1. The van der Waals surface area contributed by atoms with Crippen LogP contribution in [0.1, 0.15) is 36.5 Å². The summed E-state index contributed by atoms with van der Waals surface area (Å²) in [4.78, 5) is 11.7. The van der Waals surface area contributed by atoms with Gasteiger partial charge in [0.15, 0.2) is 0 Å². The van der Waals surface area contributed by atoms with E-state index >= 15 is 0 Å². The predicted molar refractivity (Wildman–Crippen MR) is 81.9 cm³/mol. The van der Waals surface area contributed by atoms with Crippen LogP contribution in [0.3, 0.4) is 0 Å². The summed E-state index contributed by atoms with van der Waals surface area (Å²) < 4.78 is 0. The molecule has 4 heteroatoms. The fourth-order valence-electron chi connectivity index (χ4n) is 2.29. The quantitative estimate of drug-likeness (QED) is 0.716. The molecule has 112 valence electrons. The number of aliphatic hydroxyl groups is 1. The van der Waals surface area contributed by atoms with Crippen molar-refractivity contribution in [1.82, 2.24) is 10.6 Å². The molecule has 0 saturated heterocycles. The van der Waals surface area contributed by atoms with Gasteiger partial charge in [0.25, 0.3) is 0 Å². The molecule has 0 aliphatic carbocycles. The predicted octanol–water partition coefficient (Wildman–Crippen LogP) is 2.31. The first-order valence-corrected chi connectivity index (χ1v) is 7.25. The fourth-order valence-corrected chi connectivity index (χ4v) is 2.29. The summed E-state index contributed by atoms with van der Waals surface area (Å²) in [5.41, 5.74) is 3.84. The van der Waals surface area contributed by atoms with Crippen LogP contribution in [0.15, 0.2) is 18.2 Å². The molecule has 1 unspecified atom stereocenters. The van der Waals surface area contributed by atoms with Crippen molar-refractivity contribution in [2.24, 2.45) is 0 Å². The molecule has 20 heavy (non-hydrogen) atoms. The van der Waals surface area contributed by atoms with E-state index in [0.29, 0.717) is 13.0 Å². The second-order valence-corrected chi connectivity index (χ2v) is 5.29. The van der Waals surface area contributed by atoms with Crippen molar-refractivity contribution in [1.29, 1.82) is 0 Å². The minimum atomic E-state index is -0.137. The van der Waals surface area contributed by atoms with Gasteiger partial charge in [0.2, 0.25) is 0 Å². The van der Waals surface area contributed by atoms with Gasteiger partial charge in [-0.05, 0) is 56.7 Å². The van der Waals surface area contributed by atoms with Gasteiger partial charge in [-0.25, -0.2) is 4.79 Å². The molecule has 0 fully saturated rings. The summed E-state index contributed by atoms with van der Waals surface area (Å²) in [6.45, 7) is 6.93. The Morgan fingerprint density at radius 3 is 2.55 bits per heavy atom. The minimum absolute atomic E-state index is 0.0855. The average Bonchev–Trinajstić information content (AvgIpc) is 2.39. The van der Waals surface area contributed by atoms with Crippen molar-refractivity contribution in [2.75, 3.05) is 13.2 Å². The Morgan fingerprint density at radius 1 is 1.30 bits per heavy atom. The van der Waals surface area contributed by atoms with Crippen LogP contribution in [0, 0.1) is 13.8 Å². The van der Waals surface area contributed by atoms with Crippen molar-refractivity contribution in [3.63, 3.8) is 0 Å². The van der Waals surface area contributed by atoms with E-state index in [1.165, 1.54) is 16.7 Å². The zero-order valence-electron chi connectivity index (χ0n) is 12.7. The Bertz CT molecular complexity index is 412. The zero-order chi connectivity index (χ0) is 15.0. The third-order valence-electron chi connectivity index (χ3n) is 3.48. The number of amides is 2. The first-order chi connectivity index (χ1) is 9.54. The summed E-state index contributed by atoms with van der Waals surface area (Å²) in [5.74, 6) is 0. The number of carbonyl (C=O) groups excluding carboxylic acids is 1. The summed E-state index contributed by atoms with van der Waals surface area (Å²) >= 11 is 0. The first kappa shape index (κ1) is 16.5.